The zero-order valence-corrected chi connectivity index (χ0v) is 9.86. The number of pyridine rings is 1. The first-order valence-electron chi connectivity index (χ1n) is 5.26. The van der Waals surface area contributed by atoms with E-state index in [0.717, 1.165) is 22.0 Å². The summed E-state index contributed by atoms with van der Waals surface area (Å²) < 4.78 is 4.69. The molecule has 0 saturated carbocycles. The highest BCUT2D eigenvalue weighted by Crippen LogP contribution is 2.19. The Kier molecular flexibility index (Phi) is 2.91. The molecule has 3 heteroatoms. The molecule has 0 N–H and O–H groups in total. The molecule has 1 aromatic heterocycles. The Morgan fingerprint density at radius 2 is 2.00 bits per heavy atom. The van der Waals surface area contributed by atoms with Gasteiger partial charge in [-0.2, -0.15) is 0 Å². The predicted octanol–water partition coefficient (Wildman–Crippen LogP) is 3.05. The topological polar surface area (TPSA) is 39.2 Å². The number of carbonyl (C=O) groups excluding carboxylic acids is 1. The molecule has 1 heterocycles. The summed E-state index contributed by atoms with van der Waals surface area (Å²) in [5.41, 5.74) is 3.30. The number of allylic oxidation sites excluding steroid dienone is 1. The number of methoxy groups -OCH3 is 1. The molecule has 2 aromatic rings. The monoisotopic (exact) mass is 227 g/mol. The number of hydrogen-bond acceptors (Lipinski definition) is 3. The fraction of sp³-hybridized carbons (Fsp3) is 0.143. The van der Waals surface area contributed by atoms with Gasteiger partial charge in [-0.05, 0) is 42.3 Å². The van der Waals surface area contributed by atoms with Crippen molar-refractivity contribution in [3.8, 4) is 0 Å². The minimum absolute atomic E-state index is 0.340. The summed E-state index contributed by atoms with van der Waals surface area (Å²) in [6.45, 7) is 5.80. The summed E-state index contributed by atoms with van der Waals surface area (Å²) in [6, 6.07) is 7.27. The molecular formula is C14H13NO2. The molecule has 0 atom stereocenters. The number of esters is 1. The molecule has 0 unspecified atom stereocenters. The van der Waals surface area contributed by atoms with Crippen LogP contribution in [0.1, 0.15) is 22.8 Å². The third-order valence-corrected chi connectivity index (χ3v) is 2.60. The number of hydrogen-bond donors (Lipinski definition) is 0. The van der Waals surface area contributed by atoms with Gasteiger partial charge in [0.2, 0.25) is 0 Å². The van der Waals surface area contributed by atoms with Crippen LogP contribution < -0.4 is 0 Å². The Hall–Kier alpha value is -2.16. The lowest BCUT2D eigenvalue weighted by Crippen LogP contribution is -2.00. The van der Waals surface area contributed by atoms with Crippen molar-refractivity contribution in [2.75, 3.05) is 7.11 Å². The molecule has 0 aliphatic heterocycles. The molecular weight excluding hydrogens is 214 g/mol. The lowest BCUT2D eigenvalue weighted by molar-refractivity contribution is 0.0601. The van der Waals surface area contributed by atoms with Crippen molar-refractivity contribution in [1.82, 2.24) is 4.98 Å². The van der Waals surface area contributed by atoms with E-state index >= 15 is 0 Å². The second-order valence-corrected chi connectivity index (χ2v) is 3.90. The smallest absolute Gasteiger partial charge is 0.337 e. The maximum absolute atomic E-state index is 11.4. The molecule has 0 spiro atoms. The van der Waals surface area contributed by atoms with Gasteiger partial charge in [-0.15, -0.1) is 0 Å². The van der Waals surface area contributed by atoms with Gasteiger partial charge in [0.1, 0.15) is 0 Å². The molecule has 17 heavy (non-hydrogen) atoms. The zero-order valence-electron chi connectivity index (χ0n) is 9.86. The third kappa shape index (κ3) is 2.18. The van der Waals surface area contributed by atoms with E-state index in [-0.39, 0.29) is 5.97 Å². The molecule has 0 amide bonds. The first kappa shape index (κ1) is 11.3. The summed E-state index contributed by atoms with van der Waals surface area (Å²) in [5.74, 6) is -0.340. The highest BCUT2D eigenvalue weighted by atomic mass is 16.5. The molecule has 0 aliphatic rings. The Morgan fingerprint density at radius 1 is 1.29 bits per heavy atom. The highest BCUT2D eigenvalue weighted by Gasteiger charge is 2.06. The van der Waals surface area contributed by atoms with E-state index < -0.39 is 0 Å². The van der Waals surface area contributed by atoms with Gasteiger partial charge in [0.05, 0.1) is 18.2 Å². The van der Waals surface area contributed by atoms with Gasteiger partial charge in [-0.25, -0.2) is 4.79 Å². The molecule has 0 fully saturated rings. The van der Waals surface area contributed by atoms with E-state index in [1.54, 1.807) is 18.3 Å². The molecule has 0 radical (unpaired) electrons. The van der Waals surface area contributed by atoms with Crippen molar-refractivity contribution < 1.29 is 9.53 Å². The molecule has 2 rings (SSSR count). The molecule has 0 saturated heterocycles. The van der Waals surface area contributed by atoms with Crippen molar-refractivity contribution >= 4 is 22.4 Å². The highest BCUT2D eigenvalue weighted by molar-refractivity contribution is 5.94. The third-order valence-electron chi connectivity index (χ3n) is 2.60. The van der Waals surface area contributed by atoms with Crippen molar-refractivity contribution in [2.24, 2.45) is 0 Å². The maximum atomic E-state index is 11.4. The van der Waals surface area contributed by atoms with Crippen LogP contribution in [0.4, 0.5) is 0 Å². The lowest BCUT2D eigenvalue weighted by atomic mass is 10.1. The Bertz CT molecular complexity index is 602. The number of nitrogens with zero attached hydrogens (tertiary/aromatic N) is 1. The summed E-state index contributed by atoms with van der Waals surface area (Å²) in [5, 5.41) is 0.911. The quantitative estimate of drug-likeness (QED) is 0.740. The summed E-state index contributed by atoms with van der Waals surface area (Å²) in [7, 11) is 1.37. The van der Waals surface area contributed by atoms with Crippen LogP contribution in [0.5, 0.6) is 0 Å². The average Bonchev–Trinajstić information content (AvgIpc) is 2.36. The fourth-order valence-corrected chi connectivity index (χ4v) is 1.61. The maximum Gasteiger partial charge on any atom is 0.337 e. The summed E-state index contributed by atoms with van der Waals surface area (Å²) in [4.78, 5) is 15.7. The SMILES string of the molecule is C=C(C)c1cnc2ccc(C(=O)OC)cc2c1. The van der Waals surface area contributed by atoms with Gasteiger partial charge in [0.25, 0.3) is 0 Å². The van der Waals surface area contributed by atoms with Crippen LogP contribution in [0, 0.1) is 0 Å². The van der Waals surface area contributed by atoms with Crippen molar-refractivity contribution in [2.45, 2.75) is 6.92 Å². The van der Waals surface area contributed by atoms with Gasteiger partial charge >= 0.3 is 5.97 Å². The van der Waals surface area contributed by atoms with Crippen LogP contribution in [0.25, 0.3) is 16.5 Å². The van der Waals surface area contributed by atoms with Crippen molar-refractivity contribution in [3.63, 3.8) is 0 Å². The molecule has 86 valence electrons. The molecule has 1 aromatic carbocycles. The largest absolute Gasteiger partial charge is 0.465 e. The van der Waals surface area contributed by atoms with Crippen LogP contribution in [-0.2, 0) is 4.74 Å². The number of benzene rings is 1. The van der Waals surface area contributed by atoms with Crippen LogP contribution in [0.15, 0.2) is 37.0 Å². The summed E-state index contributed by atoms with van der Waals surface area (Å²) >= 11 is 0. The number of fused-ring (bicyclic) bond motifs is 1. The number of rotatable bonds is 2. The van der Waals surface area contributed by atoms with Gasteiger partial charge in [-0.1, -0.05) is 6.58 Å². The normalized spacial score (nSPS) is 10.2. The van der Waals surface area contributed by atoms with E-state index in [2.05, 4.69) is 16.3 Å². The average molecular weight is 227 g/mol. The van der Waals surface area contributed by atoms with E-state index in [9.17, 15) is 4.79 Å². The van der Waals surface area contributed by atoms with Gasteiger partial charge < -0.3 is 4.74 Å². The first-order chi connectivity index (χ1) is 8.11. The second-order valence-electron chi connectivity index (χ2n) is 3.90. The van der Waals surface area contributed by atoms with Gasteiger partial charge in [0, 0.05) is 11.6 Å². The van der Waals surface area contributed by atoms with Crippen molar-refractivity contribution in [3.05, 3.63) is 48.2 Å². The van der Waals surface area contributed by atoms with Crippen LogP contribution in [0.3, 0.4) is 0 Å². The summed E-state index contributed by atoms with van der Waals surface area (Å²) in [6.07, 6.45) is 1.78. The number of carbonyl (C=O) groups is 1. The van der Waals surface area contributed by atoms with Gasteiger partial charge in [0.15, 0.2) is 0 Å². The van der Waals surface area contributed by atoms with Crippen LogP contribution >= 0.6 is 0 Å². The Balaban J connectivity index is 2.58. The Labute approximate surface area is 99.7 Å². The van der Waals surface area contributed by atoms with E-state index in [1.807, 2.05) is 19.1 Å². The van der Waals surface area contributed by atoms with Crippen molar-refractivity contribution in [1.29, 1.82) is 0 Å². The fourth-order valence-electron chi connectivity index (χ4n) is 1.61. The lowest BCUT2D eigenvalue weighted by Gasteiger charge is -2.04. The molecule has 3 nitrogen and oxygen atoms in total. The van der Waals surface area contributed by atoms with E-state index in [1.165, 1.54) is 7.11 Å². The van der Waals surface area contributed by atoms with E-state index in [0.29, 0.717) is 5.56 Å². The molecule has 0 bridgehead atoms. The standard InChI is InChI=1S/C14H13NO2/c1-9(2)12-7-11-6-10(14(16)17-3)4-5-13(11)15-8-12/h4-8H,1H2,2-3H3. The second kappa shape index (κ2) is 4.37. The van der Waals surface area contributed by atoms with Crippen LogP contribution in [0.2, 0.25) is 0 Å². The number of ether oxygens (including phenoxy) is 1. The first-order valence-corrected chi connectivity index (χ1v) is 5.26. The minimum Gasteiger partial charge on any atom is -0.465 e. The van der Waals surface area contributed by atoms with Gasteiger partial charge in [-0.3, -0.25) is 4.98 Å². The molecule has 0 aliphatic carbocycles. The van der Waals surface area contributed by atoms with Crippen LogP contribution in [-0.4, -0.2) is 18.1 Å². The number of aromatic nitrogens is 1. The van der Waals surface area contributed by atoms with E-state index in [4.69, 9.17) is 0 Å². The minimum atomic E-state index is -0.340. The zero-order chi connectivity index (χ0) is 12.4. The predicted molar refractivity (Wildman–Crippen MR) is 67.8 cm³/mol. The Morgan fingerprint density at radius 3 is 2.65 bits per heavy atom.